The number of rotatable bonds is 6. The Labute approximate surface area is 105 Å². The van der Waals surface area contributed by atoms with Crippen molar-refractivity contribution in [3.05, 3.63) is 0 Å². The minimum Gasteiger partial charge on any atom is -0.368 e. The topological polar surface area (TPSA) is 58.4 Å². The molecule has 0 bridgehead atoms. The molecule has 4 nitrogen and oxygen atoms in total. The first-order chi connectivity index (χ1) is 7.83. The van der Waals surface area contributed by atoms with Gasteiger partial charge in [0.15, 0.2) is 0 Å². The summed E-state index contributed by atoms with van der Waals surface area (Å²) in [7, 11) is 0. The molecule has 1 heterocycles. The van der Waals surface area contributed by atoms with Gasteiger partial charge in [-0.1, -0.05) is 13.8 Å². The maximum Gasteiger partial charge on any atom is 0.234 e. The van der Waals surface area contributed by atoms with E-state index >= 15 is 0 Å². The van der Waals surface area contributed by atoms with Gasteiger partial charge < -0.3 is 11.1 Å². The Morgan fingerprint density at radius 1 is 1.47 bits per heavy atom. The molecule has 0 aliphatic carbocycles. The van der Waals surface area contributed by atoms with Gasteiger partial charge in [0, 0.05) is 18.1 Å². The highest BCUT2D eigenvalue weighted by Crippen LogP contribution is 2.28. The third-order valence-corrected chi connectivity index (χ3v) is 3.64. The van der Waals surface area contributed by atoms with Gasteiger partial charge in [-0.15, -0.1) is 0 Å². The lowest BCUT2D eigenvalue weighted by Crippen LogP contribution is -2.48. The van der Waals surface area contributed by atoms with Gasteiger partial charge in [0.1, 0.15) is 0 Å². The first-order valence-electron chi connectivity index (χ1n) is 6.63. The molecule has 0 aromatic heterocycles. The zero-order chi connectivity index (χ0) is 13.1. The molecule has 1 unspecified atom stereocenters. The lowest BCUT2D eigenvalue weighted by molar-refractivity contribution is -0.120. The van der Waals surface area contributed by atoms with E-state index in [9.17, 15) is 4.79 Å². The van der Waals surface area contributed by atoms with Gasteiger partial charge in [0.05, 0.1) is 6.04 Å². The smallest absolute Gasteiger partial charge is 0.234 e. The van der Waals surface area contributed by atoms with Crippen LogP contribution in [0.1, 0.15) is 47.0 Å². The Kier molecular flexibility index (Phi) is 4.95. The van der Waals surface area contributed by atoms with Crippen LogP contribution in [-0.4, -0.2) is 41.5 Å². The third-order valence-electron chi connectivity index (χ3n) is 3.64. The number of nitrogens with one attached hydrogen (secondary N) is 1. The van der Waals surface area contributed by atoms with Crippen molar-refractivity contribution < 1.29 is 4.79 Å². The van der Waals surface area contributed by atoms with Crippen molar-refractivity contribution in [2.45, 2.75) is 64.6 Å². The number of carbonyl (C=O) groups is 1. The highest BCUT2D eigenvalue weighted by Gasteiger charge is 2.32. The van der Waals surface area contributed by atoms with Gasteiger partial charge in [0.25, 0.3) is 0 Å². The van der Waals surface area contributed by atoms with Crippen LogP contribution in [-0.2, 0) is 4.79 Å². The minimum absolute atomic E-state index is 0.202. The maximum atomic E-state index is 11.3. The van der Waals surface area contributed by atoms with Crippen molar-refractivity contribution >= 4 is 5.91 Å². The van der Waals surface area contributed by atoms with Crippen LogP contribution in [0.5, 0.6) is 0 Å². The van der Waals surface area contributed by atoms with E-state index in [-0.39, 0.29) is 17.5 Å². The van der Waals surface area contributed by atoms with Gasteiger partial charge in [-0.25, -0.2) is 0 Å². The van der Waals surface area contributed by atoms with Gasteiger partial charge in [-0.05, 0) is 39.7 Å². The molecule has 17 heavy (non-hydrogen) atoms. The first-order valence-corrected chi connectivity index (χ1v) is 6.63. The van der Waals surface area contributed by atoms with Crippen molar-refractivity contribution in [3.63, 3.8) is 0 Å². The van der Waals surface area contributed by atoms with Gasteiger partial charge in [-0.3, -0.25) is 9.69 Å². The van der Waals surface area contributed by atoms with E-state index in [4.69, 9.17) is 5.73 Å². The van der Waals surface area contributed by atoms with Gasteiger partial charge >= 0.3 is 0 Å². The summed E-state index contributed by atoms with van der Waals surface area (Å²) in [6, 6.07) is 0.0884. The molecule has 1 rings (SSSR count). The third kappa shape index (κ3) is 4.28. The Morgan fingerprint density at radius 2 is 2.12 bits per heavy atom. The summed E-state index contributed by atoms with van der Waals surface area (Å²) in [6.07, 6.45) is 3.30. The highest BCUT2D eigenvalue weighted by molar-refractivity contribution is 5.79. The maximum absolute atomic E-state index is 11.3. The molecular formula is C13H27N3O. The Balaban J connectivity index is 2.44. The Morgan fingerprint density at radius 3 is 2.53 bits per heavy atom. The Bertz CT molecular complexity index is 263. The van der Waals surface area contributed by atoms with Crippen LogP contribution in [0.15, 0.2) is 0 Å². The lowest BCUT2D eigenvalue weighted by atomic mass is 10.0. The molecule has 0 radical (unpaired) electrons. The van der Waals surface area contributed by atoms with Gasteiger partial charge in [-0.2, -0.15) is 0 Å². The van der Waals surface area contributed by atoms with E-state index in [0.717, 1.165) is 19.5 Å². The number of carbonyl (C=O) groups excluding carboxylic acids is 1. The van der Waals surface area contributed by atoms with Crippen molar-refractivity contribution in [3.8, 4) is 0 Å². The molecule has 1 aliphatic rings. The standard InChI is InChI=1S/C13H27N3O/c1-10(2)15-11(12(14)17)6-9-16-8-5-7-13(16,3)4/h10-11,15H,5-9H2,1-4H3,(H2,14,17). The summed E-state index contributed by atoms with van der Waals surface area (Å²) in [5.74, 6) is -0.240. The summed E-state index contributed by atoms with van der Waals surface area (Å²) in [5.41, 5.74) is 5.70. The first kappa shape index (κ1) is 14.5. The summed E-state index contributed by atoms with van der Waals surface area (Å²) < 4.78 is 0. The summed E-state index contributed by atoms with van der Waals surface area (Å²) in [6.45, 7) is 10.7. The molecule has 0 spiro atoms. The van der Waals surface area contributed by atoms with Crippen LogP contribution in [0.4, 0.5) is 0 Å². The van der Waals surface area contributed by atoms with Crippen LogP contribution in [0.25, 0.3) is 0 Å². The predicted octanol–water partition coefficient (Wildman–Crippen LogP) is 1.10. The molecule has 1 atom stereocenters. The molecule has 1 amide bonds. The van der Waals surface area contributed by atoms with E-state index in [1.807, 2.05) is 13.8 Å². The number of amides is 1. The predicted molar refractivity (Wildman–Crippen MR) is 70.8 cm³/mol. The van der Waals surface area contributed by atoms with Crippen molar-refractivity contribution in [2.75, 3.05) is 13.1 Å². The summed E-state index contributed by atoms with van der Waals surface area (Å²) in [4.78, 5) is 13.8. The van der Waals surface area contributed by atoms with Crippen LogP contribution in [0, 0.1) is 0 Å². The second kappa shape index (κ2) is 5.83. The SMILES string of the molecule is CC(C)NC(CCN1CCCC1(C)C)C(N)=O. The largest absolute Gasteiger partial charge is 0.368 e. The normalized spacial score (nSPS) is 21.9. The zero-order valence-corrected chi connectivity index (χ0v) is 11.6. The number of likely N-dealkylation sites (tertiary alicyclic amines) is 1. The molecule has 1 aliphatic heterocycles. The fourth-order valence-electron chi connectivity index (χ4n) is 2.57. The fraction of sp³-hybridized carbons (Fsp3) is 0.923. The molecular weight excluding hydrogens is 214 g/mol. The number of nitrogens with zero attached hydrogens (tertiary/aromatic N) is 1. The number of nitrogens with two attached hydrogens (primary N) is 1. The second-order valence-corrected chi connectivity index (χ2v) is 5.97. The Hall–Kier alpha value is -0.610. The summed E-state index contributed by atoms with van der Waals surface area (Å²) in [5, 5.41) is 3.23. The van der Waals surface area contributed by atoms with E-state index in [1.54, 1.807) is 0 Å². The quantitative estimate of drug-likeness (QED) is 0.732. The van der Waals surface area contributed by atoms with E-state index in [1.165, 1.54) is 12.8 Å². The van der Waals surface area contributed by atoms with Crippen LogP contribution in [0.2, 0.25) is 0 Å². The molecule has 100 valence electrons. The zero-order valence-electron chi connectivity index (χ0n) is 11.6. The molecule has 0 aromatic carbocycles. The van der Waals surface area contributed by atoms with E-state index < -0.39 is 0 Å². The molecule has 3 N–H and O–H groups in total. The van der Waals surface area contributed by atoms with Gasteiger partial charge in [0.2, 0.25) is 5.91 Å². The number of hydrogen-bond acceptors (Lipinski definition) is 3. The van der Waals surface area contributed by atoms with E-state index in [0.29, 0.717) is 6.04 Å². The lowest BCUT2D eigenvalue weighted by Gasteiger charge is -2.32. The van der Waals surface area contributed by atoms with Crippen molar-refractivity contribution in [1.29, 1.82) is 0 Å². The monoisotopic (exact) mass is 241 g/mol. The molecule has 0 saturated carbocycles. The van der Waals surface area contributed by atoms with Crippen molar-refractivity contribution in [1.82, 2.24) is 10.2 Å². The number of hydrogen-bond donors (Lipinski definition) is 2. The van der Waals surface area contributed by atoms with Crippen LogP contribution < -0.4 is 11.1 Å². The van der Waals surface area contributed by atoms with E-state index in [2.05, 4.69) is 24.1 Å². The number of primary amides is 1. The highest BCUT2D eigenvalue weighted by atomic mass is 16.1. The minimum atomic E-state index is -0.240. The molecule has 1 saturated heterocycles. The average Bonchev–Trinajstić information content (AvgIpc) is 2.51. The molecule has 0 aromatic rings. The average molecular weight is 241 g/mol. The summed E-state index contributed by atoms with van der Waals surface area (Å²) >= 11 is 0. The van der Waals surface area contributed by atoms with Crippen LogP contribution >= 0.6 is 0 Å². The van der Waals surface area contributed by atoms with Crippen molar-refractivity contribution in [2.24, 2.45) is 5.73 Å². The second-order valence-electron chi connectivity index (χ2n) is 5.97. The molecule has 1 fully saturated rings. The molecule has 4 heteroatoms. The fourth-order valence-corrected chi connectivity index (χ4v) is 2.57. The van der Waals surface area contributed by atoms with Crippen LogP contribution in [0.3, 0.4) is 0 Å².